The summed E-state index contributed by atoms with van der Waals surface area (Å²) in [6.07, 6.45) is 0.0364. The number of guanidine groups is 1. The van der Waals surface area contributed by atoms with E-state index in [4.69, 9.17) is 4.74 Å². The van der Waals surface area contributed by atoms with Crippen LogP contribution in [-0.2, 0) is 21.3 Å². The van der Waals surface area contributed by atoms with Gasteiger partial charge in [-0.3, -0.25) is 9.98 Å². The Kier molecular flexibility index (Phi) is 8.00. The van der Waals surface area contributed by atoms with Crippen LogP contribution in [0, 0.1) is 6.92 Å². The first kappa shape index (κ1) is 21.6. The first-order valence-electron chi connectivity index (χ1n) is 9.29. The largest absolute Gasteiger partial charge is 0.378 e. The van der Waals surface area contributed by atoms with E-state index >= 15 is 0 Å². The highest BCUT2D eigenvalue weighted by Crippen LogP contribution is 2.09. The molecular weight excluding hydrogens is 366 g/mol. The summed E-state index contributed by atoms with van der Waals surface area (Å²) in [5.41, 5.74) is 1.92. The van der Waals surface area contributed by atoms with Gasteiger partial charge in [-0.25, -0.2) is 8.42 Å². The maximum atomic E-state index is 12.4. The highest BCUT2D eigenvalue weighted by atomic mass is 32.2. The lowest BCUT2D eigenvalue weighted by Crippen LogP contribution is -2.54. The zero-order chi connectivity index (χ0) is 19.9. The van der Waals surface area contributed by atoms with Crippen LogP contribution in [-0.4, -0.2) is 80.3 Å². The highest BCUT2D eigenvalue weighted by molar-refractivity contribution is 7.89. The molecule has 2 rings (SSSR count). The number of hydrogen-bond donors (Lipinski definition) is 1. The molecule has 0 aliphatic carbocycles. The zero-order valence-electron chi connectivity index (χ0n) is 16.7. The molecule has 1 aliphatic heterocycles. The van der Waals surface area contributed by atoms with Gasteiger partial charge in [-0.2, -0.15) is 4.31 Å². The van der Waals surface area contributed by atoms with Crippen molar-refractivity contribution in [3.63, 3.8) is 0 Å². The average molecular weight is 398 g/mol. The van der Waals surface area contributed by atoms with Crippen molar-refractivity contribution in [2.24, 2.45) is 4.99 Å². The van der Waals surface area contributed by atoms with Crippen molar-refractivity contribution in [3.8, 4) is 0 Å². The minimum atomic E-state index is -3.28. The minimum Gasteiger partial charge on any atom is -0.378 e. The summed E-state index contributed by atoms with van der Waals surface area (Å²) in [7, 11) is -1.55. The van der Waals surface area contributed by atoms with Crippen molar-refractivity contribution in [1.29, 1.82) is 0 Å². The van der Waals surface area contributed by atoms with Crippen molar-refractivity contribution in [2.75, 3.05) is 45.6 Å². The quantitative estimate of drug-likeness (QED) is 0.542. The summed E-state index contributed by atoms with van der Waals surface area (Å²) >= 11 is 0. The fraction of sp³-hybridized carbons (Fsp3) is 0.667. The van der Waals surface area contributed by atoms with Gasteiger partial charge in [-0.15, -0.1) is 0 Å². The van der Waals surface area contributed by atoms with E-state index in [0.717, 1.165) is 17.3 Å². The smallest absolute Gasteiger partial charge is 0.216 e. The van der Waals surface area contributed by atoms with Gasteiger partial charge in [-0.1, -0.05) is 6.07 Å². The predicted molar refractivity (Wildman–Crippen MR) is 107 cm³/mol. The van der Waals surface area contributed by atoms with Gasteiger partial charge >= 0.3 is 0 Å². The van der Waals surface area contributed by atoms with E-state index in [1.165, 1.54) is 0 Å². The third kappa shape index (κ3) is 6.75. The number of aliphatic imine (C=N–C) groups is 1. The van der Waals surface area contributed by atoms with Gasteiger partial charge in [0.2, 0.25) is 10.0 Å². The SMILES string of the molecule is CN=C(NCc1cccc(C)n1)N1CCN(S(=O)(=O)CCOC(C)C)CC1. The van der Waals surface area contributed by atoms with Gasteiger partial charge in [-0.05, 0) is 32.9 Å². The van der Waals surface area contributed by atoms with Gasteiger partial charge in [0, 0.05) is 38.9 Å². The third-order valence-corrected chi connectivity index (χ3v) is 6.14. The number of ether oxygens (including phenoxy) is 1. The maximum absolute atomic E-state index is 12.4. The summed E-state index contributed by atoms with van der Waals surface area (Å²) in [6.45, 7) is 8.68. The molecule has 1 fully saturated rings. The topological polar surface area (TPSA) is 87.1 Å². The highest BCUT2D eigenvalue weighted by Gasteiger charge is 2.28. The fourth-order valence-electron chi connectivity index (χ4n) is 2.90. The van der Waals surface area contributed by atoms with Gasteiger partial charge in [0.15, 0.2) is 5.96 Å². The molecule has 1 saturated heterocycles. The number of sulfonamides is 1. The lowest BCUT2D eigenvalue weighted by atomic mass is 10.3. The van der Waals surface area contributed by atoms with Crippen molar-refractivity contribution >= 4 is 16.0 Å². The molecule has 1 N–H and O–H groups in total. The Morgan fingerprint density at radius 2 is 2.00 bits per heavy atom. The average Bonchev–Trinajstić information content (AvgIpc) is 2.62. The summed E-state index contributed by atoms with van der Waals surface area (Å²) < 4.78 is 31.8. The van der Waals surface area contributed by atoms with Crippen LogP contribution >= 0.6 is 0 Å². The van der Waals surface area contributed by atoms with Crippen molar-refractivity contribution in [3.05, 3.63) is 29.6 Å². The normalized spacial score (nSPS) is 16.8. The molecule has 0 radical (unpaired) electrons. The monoisotopic (exact) mass is 397 g/mol. The fourth-order valence-corrected chi connectivity index (χ4v) is 4.18. The molecule has 0 unspecified atom stereocenters. The molecule has 2 heterocycles. The summed E-state index contributed by atoms with van der Waals surface area (Å²) in [5.74, 6) is 0.787. The van der Waals surface area contributed by atoms with E-state index in [-0.39, 0.29) is 18.5 Å². The second-order valence-corrected chi connectivity index (χ2v) is 8.88. The molecular formula is C18H31N5O3S. The Bertz CT molecular complexity index is 728. The third-order valence-electron chi connectivity index (χ3n) is 4.31. The predicted octanol–water partition coefficient (Wildman–Crippen LogP) is 0.838. The second-order valence-electron chi connectivity index (χ2n) is 6.79. The number of hydrogen-bond acceptors (Lipinski definition) is 5. The van der Waals surface area contributed by atoms with E-state index in [9.17, 15) is 8.42 Å². The van der Waals surface area contributed by atoms with Crippen LogP contribution in [0.4, 0.5) is 0 Å². The molecule has 0 aromatic carbocycles. The number of pyridine rings is 1. The van der Waals surface area contributed by atoms with Crippen LogP contribution in [0.2, 0.25) is 0 Å². The van der Waals surface area contributed by atoms with E-state index in [1.54, 1.807) is 11.4 Å². The summed E-state index contributed by atoms with van der Waals surface area (Å²) in [6, 6.07) is 5.91. The Morgan fingerprint density at radius 1 is 1.30 bits per heavy atom. The number of nitrogens with zero attached hydrogens (tertiary/aromatic N) is 4. The lowest BCUT2D eigenvalue weighted by Gasteiger charge is -2.35. The van der Waals surface area contributed by atoms with E-state index in [2.05, 4.69) is 20.2 Å². The molecule has 0 amide bonds. The van der Waals surface area contributed by atoms with Crippen molar-refractivity contribution in [2.45, 2.75) is 33.4 Å². The molecule has 1 aromatic heterocycles. The second kappa shape index (κ2) is 10.0. The minimum absolute atomic E-state index is 0.0250. The molecule has 27 heavy (non-hydrogen) atoms. The Balaban J connectivity index is 1.84. The standard InChI is InChI=1S/C18H31N5O3S/c1-15(2)26-12-13-27(24,25)23-10-8-22(9-11-23)18(19-4)20-14-17-7-5-6-16(3)21-17/h5-7,15H,8-14H2,1-4H3,(H,19,20). The van der Waals surface area contributed by atoms with E-state index in [1.807, 2.05) is 39.0 Å². The zero-order valence-corrected chi connectivity index (χ0v) is 17.5. The Hall–Kier alpha value is -1.71. The molecule has 0 bridgehead atoms. The number of rotatable bonds is 7. The molecule has 0 atom stereocenters. The molecule has 152 valence electrons. The maximum Gasteiger partial charge on any atom is 0.216 e. The number of aromatic nitrogens is 1. The summed E-state index contributed by atoms with van der Waals surface area (Å²) in [5, 5.41) is 3.31. The number of aryl methyl sites for hydroxylation is 1. The summed E-state index contributed by atoms with van der Waals surface area (Å²) in [4.78, 5) is 10.9. The van der Waals surface area contributed by atoms with Gasteiger partial charge in [0.25, 0.3) is 0 Å². The number of nitrogens with one attached hydrogen (secondary N) is 1. The van der Waals surface area contributed by atoms with Gasteiger partial charge < -0.3 is 15.0 Å². The van der Waals surface area contributed by atoms with Gasteiger partial charge in [0.1, 0.15) is 0 Å². The lowest BCUT2D eigenvalue weighted by molar-refractivity contribution is 0.0904. The van der Waals surface area contributed by atoms with E-state index < -0.39 is 10.0 Å². The molecule has 9 heteroatoms. The van der Waals surface area contributed by atoms with Crippen LogP contribution in [0.5, 0.6) is 0 Å². The molecule has 0 spiro atoms. The molecule has 1 aliphatic rings. The van der Waals surface area contributed by atoms with Gasteiger partial charge in [0.05, 0.1) is 30.7 Å². The van der Waals surface area contributed by atoms with E-state index in [0.29, 0.717) is 32.7 Å². The van der Waals surface area contributed by atoms with Crippen molar-refractivity contribution < 1.29 is 13.2 Å². The molecule has 0 saturated carbocycles. The van der Waals surface area contributed by atoms with Crippen molar-refractivity contribution in [1.82, 2.24) is 19.5 Å². The molecule has 1 aromatic rings. The van der Waals surface area contributed by atoms with Crippen LogP contribution in [0.1, 0.15) is 25.2 Å². The number of piperazine rings is 1. The first-order valence-corrected chi connectivity index (χ1v) is 10.9. The Labute approximate surface area is 162 Å². The van der Waals surface area contributed by atoms with Crippen LogP contribution in [0.3, 0.4) is 0 Å². The van der Waals surface area contributed by atoms with Crippen LogP contribution < -0.4 is 5.32 Å². The first-order chi connectivity index (χ1) is 12.8. The Morgan fingerprint density at radius 3 is 2.59 bits per heavy atom. The van der Waals surface area contributed by atoms with Crippen LogP contribution in [0.25, 0.3) is 0 Å². The van der Waals surface area contributed by atoms with Crippen LogP contribution in [0.15, 0.2) is 23.2 Å². The molecule has 8 nitrogen and oxygen atoms in total.